The summed E-state index contributed by atoms with van der Waals surface area (Å²) < 4.78 is 5.95. The van der Waals surface area contributed by atoms with Crippen molar-refractivity contribution in [2.75, 3.05) is 0 Å². The first kappa shape index (κ1) is 14.6. The lowest BCUT2D eigenvalue weighted by molar-refractivity contribution is 0.478. The Balaban J connectivity index is 2.05. The fraction of sp³-hybridized carbons (Fsp3) is 0.333. The van der Waals surface area contributed by atoms with Gasteiger partial charge in [-0.25, -0.2) is 0 Å². The summed E-state index contributed by atoms with van der Waals surface area (Å²) in [5, 5.41) is 3.41. The van der Waals surface area contributed by atoms with E-state index in [1.54, 1.807) is 0 Å². The summed E-state index contributed by atoms with van der Waals surface area (Å²) in [6, 6.07) is 15.0. The van der Waals surface area contributed by atoms with Gasteiger partial charge in [0.2, 0.25) is 0 Å². The second-order valence-corrected chi connectivity index (χ2v) is 5.55. The average molecular weight is 269 g/mol. The van der Waals surface area contributed by atoms with Crippen LogP contribution in [0.3, 0.4) is 0 Å². The molecule has 0 saturated heterocycles. The SMILES string of the molecule is Cc1ccc(C)c(Oc2ccc(CNC(C)C)cc2)c1. The van der Waals surface area contributed by atoms with Crippen LogP contribution in [0.25, 0.3) is 0 Å². The fourth-order valence-corrected chi connectivity index (χ4v) is 1.94. The fourth-order valence-electron chi connectivity index (χ4n) is 1.94. The quantitative estimate of drug-likeness (QED) is 0.857. The monoisotopic (exact) mass is 269 g/mol. The Hall–Kier alpha value is -1.80. The summed E-state index contributed by atoms with van der Waals surface area (Å²) in [7, 11) is 0. The lowest BCUT2D eigenvalue weighted by atomic mass is 10.1. The molecular formula is C18H23NO. The third kappa shape index (κ3) is 4.10. The van der Waals surface area contributed by atoms with Gasteiger partial charge in [-0.1, -0.05) is 38.1 Å². The molecule has 20 heavy (non-hydrogen) atoms. The molecule has 2 rings (SSSR count). The van der Waals surface area contributed by atoms with Gasteiger partial charge in [0.15, 0.2) is 0 Å². The Labute approximate surface area is 121 Å². The smallest absolute Gasteiger partial charge is 0.130 e. The number of aryl methyl sites for hydroxylation is 2. The van der Waals surface area contributed by atoms with E-state index in [9.17, 15) is 0 Å². The number of hydrogen-bond acceptors (Lipinski definition) is 2. The predicted molar refractivity (Wildman–Crippen MR) is 84.4 cm³/mol. The highest BCUT2D eigenvalue weighted by Crippen LogP contribution is 2.26. The van der Waals surface area contributed by atoms with E-state index in [-0.39, 0.29) is 0 Å². The van der Waals surface area contributed by atoms with E-state index in [0.717, 1.165) is 23.6 Å². The van der Waals surface area contributed by atoms with Gasteiger partial charge in [0.1, 0.15) is 11.5 Å². The Morgan fingerprint density at radius 2 is 1.70 bits per heavy atom. The summed E-state index contributed by atoms with van der Waals surface area (Å²) in [6.07, 6.45) is 0. The van der Waals surface area contributed by atoms with Crippen LogP contribution in [-0.4, -0.2) is 6.04 Å². The number of rotatable bonds is 5. The van der Waals surface area contributed by atoms with Gasteiger partial charge in [0.25, 0.3) is 0 Å². The van der Waals surface area contributed by atoms with Crippen molar-refractivity contribution in [3.63, 3.8) is 0 Å². The minimum atomic E-state index is 0.501. The Bertz CT molecular complexity index is 558. The number of benzene rings is 2. The molecule has 0 saturated carbocycles. The molecule has 0 fully saturated rings. The van der Waals surface area contributed by atoms with E-state index in [1.807, 2.05) is 12.1 Å². The van der Waals surface area contributed by atoms with Crippen LogP contribution in [-0.2, 0) is 6.54 Å². The molecule has 0 aliphatic rings. The van der Waals surface area contributed by atoms with Crippen molar-refractivity contribution in [2.24, 2.45) is 0 Å². The molecule has 1 N–H and O–H groups in total. The second-order valence-electron chi connectivity index (χ2n) is 5.55. The molecule has 106 valence electrons. The summed E-state index contributed by atoms with van der Waals surface area (Å²) >= 11 is 0. The molecule has 0 amide bonds. The number of ether oxygens (including phenoxy) is 1. The topological polar surface area (TPSA) is 21.3 Å². The Morgan fingerprint density at radius 1 is 1.00 bits per heavy atom. The molecule has 0 spiro atoms. The van der Waals surface area contributed by atoms with E-state index in [2.05, 4.69) is 63.3 Å². The van der Waals surface area contributed by atoms with Crippen LogP contribution in [0.2, 0.25) is 0 Å². The summed E-state index contributed by atoms with van der Waals surface area (Å²) in [4.78, 5) is 0. The van der Waals surface area contributed by atoms with Gasteiger partial charge in [-0.05, 0) is 48.7 Å². The summed E-state index contributed by atoms with van der Waals surface area (Å²) in [5.74, 6) is 1.81. The first-order chi connectivity index (χ1) is 9.54. The zero-order valence-electron chi connectivity index (χ0n) is 12.7. The second kappa shape index (κ2) is 6.58. The van der Waals surface area contributed by atoms with Crippen molar-refractivity contribution in [3.05, 3.63) is 59.2 Å². The van der Waals surface area contributed by atoms with E-state index in [0.29, 0.717) is 6.04 Å². The zero-order valence-corrected chi connectivity index (χ0v) is 12.7. The lowest BCUT2D eigenvalue weighted by Crippen LogP contribution is -2.21. The van der Waals surface area contributed by atoms with Gasteiger partial charge < -0.3 is 10.1 Å². The molecule has 2 aromatic carbocycles. The zero-order chi connectivity index (χ0) is 14.5. The Kier molecular flexibility index (Phi) is 4.80. The van der Waals surface area contributed by atoms with Gasteiger partial charge in [-0.3, -0.25) is 0 Å². The van der Waals surface area contributed by atoms with Crippen LogP contribution in [0.15, 0.2) is 42.5 Å². The van der Waals surface area contributed by atoms with E-state index in [4.69, 9.17) is 4.74 Å². The largest absolute Gasteiger partial charge is 0.457 e. The molecule has 0 bridgehead atoms. The minimum absolute atomic E-state index is 0.501. The molecular weight excluding hydrogens is 246 g/mol. The summed E-state index contributed by atoms with van der Waals surface area (Å²) in [6.45, 7) is 9.33. The van der Waals surface area contributed by atoms with Crippen LogP contribution in [0.5, 0.6) is 11.5 Å². The van der Waals surface area contributed by atoms with Gasteiger partial charge in [-0.15, -0.1) is 0 Å². The first-order valence-electron chi connectivity index (χ1n) is 7.12. The van der Waals surface area contributed by atoms with Crippen molar-refractivity contribution in [1.82, 2.24) is 5.32 Å². The molecule has 2 heteroatoms. The third-order valence-corrected chi connectivity index (χ3v) is 3.21. The van der Waals surface area contributed by atoms with Gasteiger partial charge in [-0.2, -0.15) is 0 Å². The highest BCUT2D eigenvalue weighted by molar-refractivity contribution is 5.40. The maximum atomic E-state index is 5.95. The molecule has 0 aliphatic carbocycles. The van der Waals surface area contributed by atoms with E-state index < -0.39 is 0 Å². The van der Waals surface area contributed by atoms with Crippen molar-refractivity contribution in [2.45, 2.75) is 40.3 Å². The van der Waals surface area contributed by atoms with Crippen LogP contribution in [0.4, 0.5) is 0 Å². The van der Waals surface area contributed by atoms with Crippen LogP contribution < -0.4 is 10.1 Å². The highest BCUT2D eigenvalue weighted by Gasteiger charge is 2.02. The van der Waals surface area contributed by atoms with Crippen LogP contribution >= 0.6 is 0 Å². The number of hydrogen-bond donors (Lipinski definition) is 1. The van der Waals surface area contributed by atoms with E-state index in [1.165, 1.54) is 11.1 Å². The van der Waals surface area contributed by atoms with Crippen molar-refractivity contribution in [3.8, 4) is 11.5 Å². The molecule has 2 nitrogen and oxygen atoms in total. The van der Waals surface area contributed by atoms with Crippen LogP contribution in [0, 0.1) is 13.8 Å². The maximum Gasteiger partial charge on any atom is 0.130 e. The molecule has 0 aromatic heterocycles. The van der Waals surface area contributed by atoms with Gasteiger partial charge >= 0.3 is 0 Å². The van der Waals surface area contributed by atoms with Crippen molar-refractivity contribution in [1.29, 1.82) is 0 Å². The normalized spacial score (nSPS) is 10.8. The van der Waals surface area contributed by atoms with Crippen molar-refractivity contribution >= 4 is 0 Å². The summed E-state index contributed by atoms with van der Waals surface area (Å²) in [5.41, 5.74) is 3.64. The Morgan fingerprint density at radius 3 is 2.35 bits per heavy atom. The molecule has 2 aromatic rings. The molecule has 0 atom stereocenters. The third-order valence-electron chi connectivity index (χ3n) is 3.21. The minimum Gasteiger partial charge on any atom is -0.457 e. The lowest BCUT2D eigenvalue weighted by Gasteiger charge is -2.11. The molecule has 0 radical (unpaired) electrons. The van der Waals surface area contributed by atoms with Gasteiger partial charge in [0.05, 0.1) is 0 Å². The van der Waals surface area contributed by atoms with E-state index >= 15 is 0 Å². The van der Waals surface area contributed by atoms with Gasteiger partial charge in [0, 0.05) is 12.6 Å². The molecule has 0 aliphatic heterocycles. The predicted octanol–water partition coefficient (Wildman–Crippen LogP) is 4.59. The highest BCUT2D eigenvalue weighted by atomic mass is 16.5. The first-order valence-corrected chi connectivity index (χ1v) is 7.12. The average Bonchev–Trinajstić information content (AvgIpc) is 2.42. The molecule has 0 heterocycles. The maximum absolute atomic E-state index is 5.95. The standard InChI is InChI=1S/C18H23NO/c1-13(2)19-12-16-7-9-17(10-8-16)20-18-11-14(3)5-6-15(18)4/h5-11,13,19H,12H2,1-4H3. The molecule has 0 unspecified atom stereocenters. The van der Waals surface area contributed by atoms with Crippen LogP contribution in [0.1, 0.15) is 30.5 Å². The van der Waals surface area contributed by atoms with Crippen molar-refractivity contribution < 1.29 is 4.74 Å². The number of nitrogens with one attached hydrogen (secondary N) is 1.